The highest BCUT2D eigenvalue weighted by Crippen LogP contribution is 2.20. The van der Waals surface area contributed by atoms with Crippen molar-refractivity contribution in [2.45, 2.75) is 19.4 Å². The minimum atomic E-state index is -0.722. The Morgan fingerprint density at radius 1 is 1.30 bits per heavy atom. The smallest absolute Gasteiger partial charge is 0.273 e. The van der Waals surface area contributed by atoms with E-state index >= 15 is 0 Å². The third-order valence-electron chi connectivity index (χ3n) is 4.24. The number of primary amides is 1. The van der Waals surface area contributed by atoms with Crippen LogP contribution in [0.25, 0.3) is 0 Å². The van der Waals surface area contributed by atoms with Gasteiger partial charge in [0.05, 0.1) is 0 Å². The van der Waals surface area contributed by atoms with Gasteiger partial charge in [-0.2, -0.15) is 4.98 Å². The molecule has 2 aromatic rings. The molecular formula is C18H21N7O2. The fourth-order valence-corrected chi connectivity index (χ4v) is 2.80. The highest BCUT2D eigenvalue weighted by Gasteiger charge is 2.26. The molecule has 0 saturated carbocycles. The first-order valence-electron chi connectivity index (χ1n) is 8.52. The van der Waals surface area contributed by atoms with Crippen molar-refractivity contribution >= 4 is 29.3 Å². The lowest BCUT2D eigenvalue weighted by atomic mass is 10.2. The highest BCUT2D eigenvalue weighted by atomic mass is 16.2. The van der Waals surface area contributed by atoms with Gasteiger partial charge in [0.25, 0.3) is 5.91 Å². The molecule has 0 radical (unpaired) electrons. The first kappa shape index (κ1) is 18.3. The SMILES string of the molecule is C=CC(=O)N1CC[C@@H](Nc2nnc(C(N)=O)c(Nc3ccc(C)cc3)n2)C1. The molecule has 2 heterocycles. The topological polar surface area (TPSA) is 126 Å². The van der Waals surface area contributed by atoms with E-state index in [2.05, 4.69) is 32.4 Å². The molecule has 2 amide bonds. The standard InChI is InChI=1S/C18H21N7O2/c1-3-14(26)25-9-8-13(10-25)21-18-22-17(15(16(19)27)23-24-18)20-12-6-4-11(2)5-7-12/h3-7,13H,1,8-10H2,2H3,(H2,19,27)(H2,20,21,22,24)/t13-/m1/s1. The van der Waals surface area contributed by atoms with E-state index < -0.39 is 5.91 Å². The van der Waals surface area contributed by atoms with Crippen LogP contribution in [-0.4, -0.2) is 51.0 Å². The van der Waals surface area contributed by atoms with Gasteiger partial charge in [-0.15, -0.1) is 10.2 Å². The summed E-state index contributed by atoms with van der Waals surface area (Å²) in [6.45, 7) is 6.63. The number of likely N-dealkylation sites (tertiary alicyclic amines) is 1. The van der Waals surface area contributed by atoms with Crippen LogP contribution in [0.2, 0.25) is 0 Å². The molecule has 27 heavy (non-hydrogen) atoms. The van der Waals surface area contributed by atoms with Gasteiger partial charge in [-0.05, 0) is 31.6 Å². The Hall–Kier alpha value is -3.49. The van der Waals surface area contributed by atoms with Gasteiger partial charge >= 0.3 is 0 Å². The molecule has 0 aliphatic carbocycles. The predicted molar refractivity (Wildman–Crippen MR) is 102 cm³/mol. The van der Waals surface area contributed by atoms with Crippen molar-refractivity contribution in [2.24, 2.45) is 5.73 Å². The Bertz CT molecular complexity index is 867. The number of aryl methyl sites for hydroxylation is 1. The number of hydrogen-bond donors (Lipinski definition) is 3. The molecule has 9 nitrogen and oxygen atoms in total. The summed E-state index contributed by atoms with van der Waals surface area (Å²) in [5, 5.41) is 14.0. The number of nitrogens with two attached hydrogens (primary N) is 1. The summed E-state index contributed by atoms with van der Waals surface area (Å²) in [5.41, 5.74) is 7.19. The Morgan fingerprint density at radius 3 is 2.70 bits per heavy atom. The molecule has 1 aliphatic heterocycles. The van der Waals surface area contributed by atoms with Crippen LogP contribution < -0.4 is 16.4 Å². The zero-order valence-corrected chi connectivity index (χ0v) is 15.0. The van der Waals surface area contributed by atoms with Crippen molar-refractivity contribution in [1.82, 2.24) is 20.1 Å². The van der Waals surface area contributed by atoms with E-state index in [9.17, 15) is 9.59 Å². The average Bonchev–Trinajstić information content (AvgIpc) is 3.11. The van der Waals surface area contributed by atoms with Gasteiger partial charge in [0.1, 0.15) is 0 Å². The van der Waals surface area contributed by atoms with Crippen molar-refractivity contribution in [3.63, 3.8) is 0 Å². The number of carbonyl (C=O) groups is 2. The number of amides is 2. The fourth-order valence-electron chi connectivity index (χ4n) is 2.80. The molecule has 1 fully saturated rings. The zero-order valence-electron chi connectivity index (χ0n) is 15.0. The molecule has 4 N–H and O–H groups in total. The third kappa shape index (κ3) is 4.38. The summed E-state index contributed by atoms with van der Waals surface area (Å²) in [5.74, 6) is -0.350. The maximum atomic E-state index is 11.7. The number of rotatable bonds is 6. The molecule has 0 spiro atoms. The van der Waals surface area contributed by atoms with Crippen LogP contribution >= 0.6 is 0 Å². The quantitative estimate of drug-likeness (QED) is 0.655. The maximum Gasteiger partial charge on any atom is 0.273 e. The zero-order chi connectivity index (χ0) is 19.4. The summed E-state index contributed by atoms with van der Waals surface area (Å²) < 4.78 is 0. The first-order valence-corrected chi connectivity index (χ1v) is 8.52. The summed E-state index contributed by atoms with van der Waals surface area (Å²) in [6, 6.07) is 7.59. The number of aromatic nitrogens is 3. The van der Waals surface area contributed by atoms with Gasteiger partial charge in [-0.3, -0.25) is 9.59 Å². The Morgan fingerprint density at radius 2 is 2.04 bits per heavy atom. The number of benzene rings is 1. The molecule has 3 rings (SSSR count). The van der Waals surface area contributed by atoms with E-state index in [0.29, 0.717) is 13.1 Å². The van der Waals surface area contributed by atoms with Crippen LogP contribution in [0.1, 0.15) is 22.5 Å². The van der Waals surface area contributed by atoms with Gasteiger partial charge in [-0.1, -0.05) is 24.3 Å². The molecule has 1 aromatic carbocycles. The summed E-state index contributed by atoms with van der Waals surface area (Å²) >= 11 is 0. The number of anilines is 3. The normalized spacial score (nSPS) is 16.0. The lowest BCUT2D eigenvalue weighted by molar-refractivity contribution is -0.125. The Kier molecular flexibility index (Phi) is 5.30. The molecule has 9 heteroatoms. The predicted octanol–water partition coefficient (Wildman–Crippen LogP) is 1.22. The molecule has 1 aliphatic rings. The fraction of sp³-hybridized carbons (Fsp3) is 0.278. The molecule has 1 aromatic heterocycles. The van der Waals surface area contributed by atoms with E-state index in [0.717, 1.165) is 17.7 Å². The molecule has 0 unspecified atom stereocenters. The second-order valence-electron chi connectivity index (χ2n) is 6.31. The lowest BCUT2D eigenvalue weighted by Crippen LogP contribution is -2.30. The third-order valence-corrected chi connectivity index (χ3v) is 4.24. The van der Waals surface area contributed by atoms with Gasteiger partial charge in [0.2, 0.25) is 11.9 Å². The Labute approximate surface area is 156 Å². The number of carbonyl (C=O) groups excluding carboxylic acids is 2. The van der Waals surface area contributed by atoms with E-state index in [1.807, 2.05) is 31.2 Å². The maximum absolute atomic E-state index is 11.7. The second kappa shape index (κ2) is 7.81. The summed E-state index contributed by atoms with van der Waals surface area (Å²) in [4.78, 5) is 29.4. The molecule has 0 bridgehead atoms. The van der Waals surface area contributed by atoms with Crippen LogP contribution in [0, 0.1) is 6.92 Å². The van der Waals surface area contributed by atoms with Crippen LogP contribution in [0.5, 0.6) is 0 Å². The van der Waals surface area contributed by atoms with Gasteiger partial charge in [-0.25, -0.2) is 0 Å². The van der Waals surface area contributed by atoms with E-state index in [1.165, 1.54) is 6.08 Å². The van der Waals surface area contributed by atoms with E-state index in [1.54, 1.807) is 4.90 Å². The van der Waals surface area contributed by atoms with Crippen molar-refractivity contribution in [2.75, 3.05) is 23.7 Å². The van der Waals surface area contributed by atoms with Crippen LogP contribution in [-0.2, 0) is 4.79 Å². The molecule has 140 valence electrons. The minimum Gasteiger partial charge on any atom is -0.364 e. The largest absolute Gasteiger partial charge is 0.364 e. The first-order chi connectivity index (χ1) is 13.0. The van der Waals surface area contributed by atoms with Crippen LogP contribution in [0.3, 0.4) is 0 Å². The lowest BCUT2D eigenvalue weighted by Gasteiger charge is -2.16. The number of nitrogens with one attached hydrogen (secondary N) is 2. The van der Waals surface area contributed by atoms with Crippen molar-refractivity contribution in [3.8, 4) is 0 Å². The summed E-state index contributed by atoms with van der Waals surface area (Å²) in [6.07, 6.45) is 2.05. The van der Waals surface area contributed by atoms with E-state index in [-0.39, 0.29) is 29.4 Å². The number of nitrogens with zero attached hydrogens (tertiary/aromatic N) is 4. The molecule has 1 saturated heterocycles. The molecule has 1 atom stereocenters. The summed E-state index contributed by atoms with van der Waals surface area (Å²) in [7, 11) is 0. The van der Waals surface area contributed by atoms with E-state index in [4.69, 9.17) is 5.73 Å². The van der Waals surface area contributed by atoms with Crippen molar-refractivity contribution < 1.29 is 9.59 Å². The Balaban J connectivity index is 1.77. The van der Waals surface area contributed by atoms with Gasteiger partial charge in [0, 0.05) is 24.8 Å². The average molecular weight is 367 g/mol. The van der Waals surface area contributed by atoms with Crippen molar-refractivity contribution in [3.05, 3.63) is 48.2 Å². The van der Waals surface area contributed by atoms with Crippen LogP contribution in [0.15, 0.2) is 36.9 Å². The van der Waals surface area contributed by atoms with Gasteiger partial charge in [0.15, 0.2) is 11.5 Å². The monoisotopic (exact) mass is 367 g/mol. The minimum absolute atomic E-state index is 0.0117. The van der Waals surface area contributed by atoms with Gasteiger partial charge < -0.3 is 21.3 Å². The number of hydrogen-bond acceptors (Lipinski definition) is 7. The highest BCUT2D eigenvalue weighted by molar-refractivity contribution is 5.96. The molecular weight excluding hydrogens is 346 g/mol. The van der Waals surface area contributed by atoms with Crippen molar-refractivity contribution in [1.29, 1.82) is 0 Å². The van der Waals surface area contributed by atoms with Crippen LogP contribution in [0.4, 0.5) is 17.5 Å². The second-order valence-corrected chi connectivity index (χ2v) is 6.31.